The van der Waals surface area contributed by atoms with E-state index in [-0.39, 0.29) is 18.8 Å². The number of aliphatic hydroxyl groups is 2. The first-order valence-corrected chi connectivity index (χ1v) is 4.82. The Bertz CT molecular complexity index is 201. The average molecular weight is 204 g/mol. The molecule has 0 aromatic rings. The molecule has 2 fully saturated rings. The highest BCUT2D eigenvalue weighted by Gasteiger charge is 2.49. The Balaban J connectivity index is 1.93. The van der Waals surface area contributed by atoms with Crippen molar-refractivity contribution in [3.05, 3.63) is 0 Å². The average Bonchev–Trinajstić information content (AvgIpc) is 2.56. The molecule has 2 N–H and O–H groups in total. The van der Waals surface area contributed by atoms with Crippen LogP contribution in [0.3, 0.4) is 0 Å². The Morgan fingerprint density at radius 2 is 2.14 bits per heavy atom. The van der Waals surface area contributed by atoms with E-state index < -0.39 is 18.2 Å². The van der Waals surface area contributed by atoms with E-state index in [1.54, 1.807) is 0 Å². The van der Waals surface area contributed by atoms with Gasteiger partial charge in [0.1, 0.15) is 12.2 Å². The summed E-state index contributed by atoms with van der Waals surface area (Å²) in [6.07, 6.45) is -1.20. The van der Waals surface area contributed by atoms with Gasteiger partial charge in [-0.25, -0.2) is 0 Å². The third kappa shape index (κ3) is 1.78. The summed E-state index contributed by atoms with van der Waals surface area (Å²) < 4.78 is 16.4. The van der Waals surface area contributed by atoms with Gasteiger partial charge in [0.25, 0.3) is 0 Å². The minimum absolute atomic E-state index is 0.129. The second-order valence-electron chi connectivity index (χ2n) is 4.20. The van der Waals surface area contributed by atoms with Crippen LogP contribution in [0.5, 0.6) is 0 Å². The normalized spacial score (nSPS) is 42.4. The van der Waals surface area contributed by atoms with Gasteiger partial charge < -0.3 is 24.4 Å². The molecule has 0 saturated carbocycles. The van der Waals surface area contributed by atoms with Crippen LogP contribution in [0.25, 0.3) is 0 Å². The lowest BCUT2D eigenvalue weighted by Crippen LogP contribution is -2.32. The van der Waals surface area contributed by atoms with Gasteiger partial charge >= 0.3 is 0 Å². The van der Waals surface area contributed by atoms with Gasteiger partial charge in [0.05, 0.1) is 12.7 Å². The molecule has 2 saturated heterocycles. The summed E-state index contributed by atoms with van der Waals surface area (Å²) >= 11 is 0. The molecule has 0 radical (unpaired) electrons. The molecule has 14 heavy (non-hydrogen) atoms. The molecular weight excluding hydrogens is 188 g/mol. The first kappa shape index (κ1) is 10.3. The second kappa shape index (κ2) is 3.43. The maximum atomic E-state index is 9.36. The summed E-state index contributed by atoms with van der Waals surface area (Å²) in [5, 5.41) is 18.1. The second-order valence-corrected chi connectivity index (χ2v) is 4.20. The van der Waals surface area contributed by atoms with Crippen molar-refractivity contribution in [1.29, 1.82) is 0 Å². The lowest BCUT2D eigenvalue weighted by atomic mass is 10.1. The zero-order valence-electron chi connectivity index (χ0n) is 8.34. The first-order chi connectivity index (χ1) is 6.52. The van der Waals surface area contributed by atoms with E-state index in [2.05, 4.69) is 0 Å². The molecule has 4 atom stereocenters. The van der Waals surface area contributed by atoms with Crippen molar-refractivity contribution >= 4 is 0 Å². The van der Waals surface area contributed by atoms with Crippen LogP contribution in [0, 0.1) is 0 Å². The highest BCUT2D eigenvalue weighted by molar-refractivity contribution is 4.87. The third-order valence-corrected chi connectivity index (χ3v) is 2.53. The molecule has 0 aromatic carbocycles. The van der Waals surface area contributed by atoms with Gasteiger partial charge in [-0.05, 0) is 13.8 Å². The van der Waals surface area contributed by atoms with Crippen LogP contribution in [-0.4, -0.2) is 47.2 Å². The minimum atomic E-state index is -0.851. The Labute approximate surface area is 82.6 Å². The molecule has 2 heterocycles. The fourth-order valence-electron chi connectivity index (χ4n) is 1.90. The maximum absolute atomic E-state index is 9.36. The molecule has 0 aliphatic carbocycles. The van der Waals surface area contributed by atoms with E-state index in [0.29, 0.717) is 6.42 Å². The van der Waals surface area contributed by atoms with Gasteiger partial charge in [0.2, 0.25) is 0 Å². The Morgan fingerprint density at radius 1 is 1.43 bits per heavy atom. The van der Waals surface area contributed by atoms with E-state index in [1.165, 1.54) is 0 Å². The molecule has 0 bridgehead atoms. The van der Waals surface area contributed by atoms with Crippen molar-refractivity contribution in [1.82, 2.24) is 0 Å². The minimum Gasteiger partial charge on any atom is -0.394 e. The first-order valence-electron chi connectivity index (χ1n) is 4.82. The van der Waals surface area contributed by atoms with Crippen molar-refractivity contribution in [2.45, 2.75) is 50.7 Å². The van der Waals surface area contributed by atoms with Crippen molar-refractivity contribution < 1.29 is 24.4 Å². The van der Waals surface area contributed by atoms with Crippen molar-refractivity contribution in [2.24, 2.45) is 0 Å². The van der Waals surface area contributed by atoms with Gasteiger partial charge in [-0.15, -0.1) is 0 Å². The third-order valence-electron chi connectivity index (χ3n) is 2.53. The number of aliphatic hydroxyl groups excluding tert-OH is 2. The van der Waals surface area contributed by atoms with Crippen LogP contribution in [0.4, 0.5) is 0 Å². The summed E-state index contributed by atoms with van der Waals surface area (Å²) in [5.74, 6) is -0.607. The summed E-state index contributed by atoms with van der Waals surface area (Å²) in [6.45, 7) is 3.35. The number of fused-ring (bicyclic) bond motifs is 1. The van der Waals surface area contributed by atoms with E-state index in [9.17, 15) is 5.11 Å². The van der Waals surface area contributed by atoms with Crippen LogP contribution < -0.4 is 0 Å². The molecule has 0 aromatic heterocycles. The zero-order valence-corrected chi connectivity index (χ0v) is 8.34. The van der Waals surface area contributed by atoms with E-state index in [4.69, 9.17) is 19.3 Å². The Morgan fingerprint density at radius 3 is 2.71 bits per heavy atom. The van der Waals surface area contributed by atoms with E-state index >= 15 is 0 Å². The number of rotatable bonds is 2. The summed E-state index contributed by atoms with van der Waals surface area (Å²) in [6, 6.07) is 0. The zero-order chi connectivity index (χ0) is 10.3. The number of hydrogen-bond donors (Lipinski definition) is 2. The van der Waals surface area contributed by atoms with Gasteiger partial charge in [-0.1, -0.05) is 0 Å². The largest absolute Gasteiger partial charge is 0.394 e. The fourth-order valence-corrected chi connectivity index (χ4v) is 1.90. The molecule has 0 unspecified atom stereocenters. The lowest BCUT2D eigenvalue weighted by Gasteiger charge is -2.22. The summed E-state index contributed by atoms with van der Waals surface area (Å²) in [7, 11) is 0. The fraction of sp³-hybridized carbons (Fsp3) is 1.00. The quantitative estimate of drug-likeness (QED) is 0.641. The monoisotopic (exact) mass is 204 g/mol. The van der Waals surface area contributed by atoms with Gasteiger partial charge in [0, 0.05) is 6.42 Å². The van der Waals surface area contributed by atoms with Crippen molar-refractivity contribution in [2.75, 3.05) is 6.61 Å². The van der Waals surface area contributed by atoms with E-state index in [0.717, 1.165) is 0 Å². The topological polar surface area (TPSA) is 68.2 Å². The van der Waals surface area contributed by atoms with Crippen LogP contribution in [0.15, 0.2) is 0 Å². The molecule has 0 spiro atoms. The molecule has 2 rings (SSSR count). The molecule has 82 valence electrons. The van der Waals surface area contributed by atoms with E-state index in [1.807, 2.05) is 13.8 Å². The molecule has 2 aliphatic heterocycles. The van der Waals surface area contributed by atoms with Crippen molar-refractivity contribution in [3.63, 3.8) is 0 Å². The van der Waals surface area contributed by atoms with Crippen LogP contribution in [0.1, 0.15) is 20.3 Å². The molecule has 0 amide bonds. The lowest BCUT2D eigenvalue weighted by molar-refractivity contribution is -0.215. The summed E-state index contributed by atoms with van der Waals surface area (Å²) in [4.78, 5) is 0. The smallest absolute Gasteiger partial charge is 0.187 e. The molecule has 5 nitrogen and oxygen atoms in total. The standard InChI is InChI=1S/C9H16O5/c1-9(2)13-7-3-6(5(11)4-10)12-8(7)14-9/h5-8,10-11H,3-4H2,1-2H3/t5-,6-,7+,8+/m0/s1. The van der Waals surface area contributed by atoms with Crippen LogP contribution in [0.2, 0.25) is 0 Å². The van der Waals surface area contributed by atoms with Crippen LogP contribution >= 0.6 is 0 Å². The number of hydrogen-bond acceptors (Lipinski definition) is 5. The highest BCUT2D eigenvalue weighted by Crippen LogP contribution is 2.37. The predicted octanol–water partition coefficient (Wildman–Crippen LogP) is -0.394. The van der Waals surface area contributed by atoms with Gasteiger partial charge in [-0.2, -0.15) is 0 Å². The van der Waals surface area contributed by atoms with Gasteiger partial charge in [-0.3, -0.25) is 0 Å². The van der Waals surface area contributed by atoms with Crippen LogP contribution in [-0.2, 0) is 14.2 Å². The Kier molecular flexibility index (Phi) is 2.53. The predicted molar refractivity (Wildman–Crippen MR) is 46.4 cm³/mol. The molecular formula is C9H16O5. The highest BCUT2D eigenvalue weighted by atomic mass is 16.8. The van der Waals surface area contributed by atoms with Gasteiger partial charge in [0.15, 0.2) is 12.1 Å². The van der Waals surface area contributed by atoms with Crippen molar-refractivity contribution in [3.8, 4) is 0 Å². The molecule has 2 aliphatic rings. The molecule has 5 heteroatoms. The maximum Gasteiger partial charge on any atom is 0.187 e. The SMILES string of the molecule is CC1(C)O[C@H]2O[C@H]([C@@H](O)CO)C[C@H]2O1. The summed E-state index contributed by atoms with van der Waals surface area (Å²) in [5.41, 5.74) is 0. The number of ether oxygens (including phenoxy) is 3. The Hall–Kier alpha value is -0.200.